The number of anilines is 2. The predicted molar refractivity (Wildman–Crippen MR) is 165 cm³/mol. The van der Waals surface area contributed by atoms with Gasteiger partial charge in [-0.15, -0.1) is 0 Å². The van der Waals surface area contributed by atoms with E-state index in [4.69, 9.17) is 0 Å². The van der Waals surface area contributed by atoms with Crippen molar-refractivity contribution in [3.8, 4) is 0 Å². The molecule has 0 spiro atoms. The Bertz CT molecular complexity index is 1290. The summed E-state index contributed by atoms with van der Waals surface area (Å²) in [5.74, 6) is 0. The Morgan fingerprint density at radius 1 is 0.725 bits per heavy atom. The average molecular weight is 565 g/mol. The highest BCUT2D eigenvalue weighted by Gasteiger charge is 2.32. The molecule has 1 aliphatic rings. The van der Waals surface area contributed by atoms with E-state index in [-0.39, 0.29) is 0 Å². The first-order valence-electron chi connectivity index (χ1n) is 14.0. The molecule has 0 bridgehead atoms. The lowest BCUT2D eigenvalue weighted by molar-refractivity contribution is 0.0577. The summed E-state index contributed by atoms with van der Waals surface area (Å²) in [6, 6.07) is 23.7. The molecule has 3 aromatic rings. The maximum absolute atomic E-state index is 12.2. The van der Waals surface area contributed by atoms with E-state index in [1.54, 1.807) is 12.1 Å². The standard InChI is InChI=1S/C32H44N4O3S/c1-33(2)29-13-9-27(10-14-29)32(37,28-11-15-30(16-12-28)34(3)4)19-22-35-20-6-21-36(24-23-35)25-26-7-17-31(18-8-26)40(5,38)39/h7-18,37H,6,19-25H2,1-5H3. The van der Waals surface area contributed by atoms with Crippen molar-refractivity contribution in [2.24, 2.45) is 0 Å². The van der Waals surface area contributed by atoms with E-state index >= 15 is 0 Å². The molecule has 1 N–H and O–H groups in total. The summed E-state index contributed by atoms with van der Waals surface area (Å²) in [7, 11) is 4.91. The Balaban J connectivity index is 1.44. The third-order valence-electron chi connectivity index (χ3n) is 7.95. The number of rotatable bonds is 10. The fraction of sp³-hybridized carbons (Fsp3) is 0.438. The largest absolute Gasteiger partial charge is 0.380 e. The van der Waals surface area contributed by atoms with Crippen molar-refractivity contribution in [1.29, 1.82) is 0 Å². The molecule has 4 rings (SSSR count). The van der Waals surface area contributed by atoms with Crippen LogP contribution in [0.15, 0.2) is 77.7 Å². The van der Waals surface area contributed by atoms with Crippen molar-refractivity contribution in [3.63, 3.8) is 0 Å². The van der Waals surface area contributed by atoms with Crippen molar-refractivity contribution in [1.82, 2.24) is 9.80 Å². The van der Waals surface area contributed by atoms with Gasteiger partial charge < -0.3 is 19.8 Å². The lowest BCUT2D eigenvalue weighted by Crippen LogP contribution is -2.36. The van der Waals surface area contributed by atoms with Crippen LogP contribution in [0, 0.1) is 0 Å². The summed E-state index contributed by atoms with van der Waals surface area (Å²) in [6.45, 7) is 5.43. The first-order valence-corrected chi connectivity index (χ1v) is 15.9. The predicted octanol–water partition coefficient (Wildman–Crippen LogP) is 4.06. The molecule has 0 radical (unpaired) electrons. The zero-order chi connectivity index (χ0) is 28.9. The highest BCUT2D eigenvalue weighted by Crippen LogP contribution is 2.35. The molecule has 0 unspecified atom stereocenters. The maximum Gasteiger partial charge on any atom is 0.175 e. The average Bonchev–Trinajstić information content (AvgIpc) is 3.16. The molecular formula is C32H44N4O3S. The molecule has 1 heterocycles. The quantitative estimate of drug-likeness (QED) is 0.399. The zero-order valence-electron chi connectivity index (χ0n) is 24.5. The Morgan fingerprint density at radius 3 is 1.68 bits per heavy atom. The summed E-state index contributed by atoms with van der Waals surface area (Å²) in [6.07, 6.45) is 2.89. The van der Waals surface area contributed by atoms with Gasteiger partial charge in [-0.05, 0) is 79.0 Å². The molecule has 1 aliphatic heterocycles. The molecule has 0 amide bonds. The molecule has 8 heteroatoms. The van der Waals surface area contributed by atoms with Gasteiger partial charge in [-0.1, -0.05) is 36.4 Å². The van der Waals surface area contributed by atoms with Crippen LogP contribution in [0.25, 0.3) is 0 Å². The van der Waals surface area contributed by atoms with Gasteiger partial charge in [-0.25, -0.2) is 8.42 Å². The van der Waals surface area contributed by atoms with Crippen LogP contribution < -0.4 is 9.80 Å². The molecule has 1 fully saturated rings. The van der Waals surface area contributed by atoms with Crippen molar-refractivity contribution >= 4 is 21.2 Å². The molecular weight excluding hydrogens is 520 g/mol. The number of aliphatic hydroxyl groups is 1. The van der Waals surface area contributed by atoms with Crippen LogP contribution in [-0.4, -0.2) is 90.5 Å². The Hall–Kier alpha value is -2.91. The Labute approximate surface area is 240 Å². The van der Waals surface area contributed by atoms with E-state index in [0.29, 0.717) is 11.3 Å². The number of benzene rings is 3. The van der Waals surface area contributed by atoms with Crippen LogP contribution in [-0.2, 0) is 22.0 Å². The van der Waals surface area contributed by atoms with Crippen LogP contribution in [0.4, 0.5) is 11.4 Å². The minimum Gasteiger partial charge on any atom is -0.380 e. The van der Waals surface area contributed by atoms with Crippen molar-refractivity contribution in [3.05, 3.63) is 89.5 Å². The van der Waals surface area contributed by atoms with E-state index in [1.807, 2.05) is 40.3 Å². The van der Waals surface area contributed by atoms with Gasteiger partial charge in [-0.2, -0.15) is 0 Å². The summed E-state index contributed by atoms with van der Waals surface area (Å²) >= 11 is 0. The van der Waals surface area contributed by atoms with E-state index in [1.165, 1.54) is 6.26 Å². The summed E-state index contributed by atoms with van der Waals surface area (Å²) < 4.78 is 23.5. The second-order valence-electron chi connectivity index (χ2n) is 11.4. The summed E-state index contributed by atoms with van der Waals surface area (Å²) in [5.41, 5.74) is 4.05. The SMILES string of the molecule is CN(C)c1ccc(C(O)(CCN2CCCN(Cc3ccc(S(C)(=O)=O)cc3)CC2)c2ccc(N(C)C)cc2)cc1. The second-order valence-corrected chi connectivity index (χ2v) is 13.4. The van der Waals surface area contributed by atoms with Crippen LogP contribution >= 0.6 is 0 Å². The topological polar surface area (TPSA) is 67.3 Å². The second kappa shape index (κ2) is 12.7. The lowest BCUT2D eigenvalue weighted by atomic mass is 9.83. The molecule has 40 heavy (non-hydrogen) atoms. The molecule has 7 nitrogen and oxygen atoms in total. The van der Waals surface area contributed by atoms with Crippen molar-refractivity contribution in [2.75, 3.05) is 77.0 Å². The molecule has 0 saturated carbocycles. The molecule has 3 aromatic carbocycles. The zero-order valence-corrected chi connectivity index (χ0v) is 25.4. The number of sulfone groups is 1. The van der Waals surface area contributed by atoms with E-state index in [2.05, 4.69) is 68.1 Å². The maximum atomic E-state index is 12.2. The molecule has 0 aromatic heterocycles. The van der Waals surface area contributed by atoms with Gasteiger partial charge >= 0.3 is 0 Å². The van der Waals surface area contributed by atoms with E-state index < -0.39 is 15.4 Å². The van der Waals surface area contributed by atoms with Crippen molar-refractivity contribution < 1.29 is 13.5 Å². The van der Waals surface area contributed by atoms with E-state index in [0.717, 1.165) is 73.8 Å². The minimum absolute atomic E-state index is 0.360. The summed E-state index contributed by atoms with van der Waals surface area (Å²) in [4.78, 5) is 9.38. The van der Waals surface area contributed by atoms with Gasteiger partial charge in [0.1, 0.15) is 5.60 Å². The van der Waals surface area contributed by atoms with Gasteiger partial charge in [0.05, 0.1) is 4.90 Å². The first kappa shape index (κ1) is 30.1. The van der Waals surface area contributed by atoms with Gasteiger partial charge in [-0.3, -0.25) is 4.90 Å². The fourth-order valence-electron chi connectivity index (χ4n) is 5.35. The Morgan fingerprint density at radius 2 is 1.20 bits per heavy atom. The third kappa shape index (κ3) is 7.43. The van der Waals surface area contributed by atoms with Crippen LogP contribution in [0.1, 0.15) is 29.5 Å². The Kier molecular flexibility index (Phi) is 9.56. The van der Waals surface area contributed by atoms with Gasteiger partial charge in [0, 0.05) is 72.0 Å². The smallest absolute Gasteiger partial charge is 0.175 e. The number of hydrogen-bond acceptors (Lipinski definition) is 7. The molecule has 1 saturated heterocycles. The van der Waals surface area contributed by atoms with E-state index in [9.17, 15) is 13.5 Å². The van der Waals surface area contributed by atoms with Gasteiger partial charge in [0.25, 0.3) is 0 Å². The normalized spacial score (nSPS) is 15.6. The molecule has 0 atom stereocenters. The van der Waals surface area contributed by atoms with Gasteiger partial charge in [0.2, 0.25) is 0 Å². The lowest BCUT2D eigenvalue weighted by Gasteiger charge is -2.33. The molecule has 216 valence electrons. The van der Waals surface area contributed by atoms with Crippen LogP contribution in [0.3, 0.4) is 0 Å². The fourth-order valence-corrected chi connectivity index (χ4v) is 5.98. The molecule has 0 aliphatic carbocycles. The van der Waals surface area contributed by atoms with Gasteiger partial charge in [0.15, 0.2) is 9.84 Å². The highest BCUT2D eigenvalue weighted by atomic mass is 32.2. The minimum atomic E-state index is -3.18. The number of hydrogen-bond donors (Lipinski definition) is 1. The summed E-state index contributed by atoms with van der Waals surface area (Å²) in [5, 5.41) is 12.2. The number of nitrogens with zero attached hydrogens (tertiary/aromatic N) is 4. The van der Waals surface area contributed by atoms with Crippen LogP contribution in [0.5, 0.6) is 0 Å². The van der Waals surface area contributed by atoms with Crippen molar-refractivity contribution in [2.45, 2.75) is 29.9 Å². The monoisotopic (exact) mass is 564 g/mol. The highest BCUT2D eigenvalue weighted by molar-refractivity contribution is 7.90. The first-order chi connectivity index (χ1) is 19.0. The van der Waals surface area contributed by atoms with Crippen LogP contribution in [0.2, 0.25) is 0 Å². The third-order valence-corrected chi connectivity index (χ3v) is 9.08.